The molecule has 9 nitrogen and oxygen atoms in total. The lowest BCUT2D eigenvalue weighted by Gasteiger charge is -2.31. The standard InChI is InChI=1S/C16H22N6O.C2HF3O2/c1-20(2)14-5-7-22(16(23)13-4-6-17-18-10-13)15(14)8-12-9-19-21(3)11-12;3-2(4,5)1(6)7/h4,6,9-11,14-15H,5,7-8H2,1-3H3;(H,6,7)/t14-,15+;/m1./s1. The first-order valence-corrected chi connectivity index (χ1v) is 9.02. The molecule has 3 heterocycles. The Morgan fingerprint density at radius 2 is 1.93 bits per heavy atom. The van der Waals surface area contributed by atoms with E-state index in [0.717, 1.165) is 24.9 Å². The Kier molecular flexibility index (Phi) is 7.48. The second kappa shape index (κ2) is 9.65. The van der Waals surface area contributed by atoms with Gasteiger partial charge in [-0.25, -0.2) is 4.79 Å². The number of carboxylic acid groups (broad SMARTS) is 1. The number of hydrogen-bond donors (Lipinski definition) is 1. The minimum Gasteiger partial charge on any atom is -0.475 e. The van der Waals surface area contributed by atoms with Gasteiger partial charge in [-0.2, -0.15) is 28.5 Å². The molecule has 164 valence electrons. The van der Waals surface area contributed by atoms with Gasteiger partial charge in [-0.1, -0.05) is 0 Å². The third-order valence-corrected chi connectivity index (χ3v) is 4.71. The fraction of sp³-hybridized carbons (Fsp3) is 0.500. The number of halogens is 3. The minimum atomic E-state index is -5.08. The lowest BCUT2D eigenvalue weighted by molar-refractivity contribution is -0.192. The summed E-state index contributed by atoms with van der Waals surface area (Å²) in [6, 6.07) is 2.20. The fourth-order valence-electron chi connectivity index (χ4n) is 3.34. The maximum atomic E-state index is 12.8. The number of aliphatic carboxylic acids is 1. The molecule has 0 spiro atoms. The number of aryl methyl sites for hydroxylation is 1. The van der Waals surface area contributed by atoms with Crippen LogP contribution in [0.1, 0.15) is 22.3 Å². The molecular formula is C18H23F3N6O3. The van der Waals surface area contributed by atoms with Gasteiger partial charge in [0.05, 0.1) is 30.2 Å². The number of nitrogens with zero attached hydrogens (tertiary/aromatic N) is 6. The normalized spacial score (nSPS) is 18.8. The number of carbonyl (C=O) groups excluding carboxylic acids is 1. The van der Waals surface area contributed by atoms with Crippen LogP contribution >= 0.6 is 0 Å². The van der Waals surface area contributed by atoms with Crippen molar-refractivity contribution in [3.63, 3.8) is 0 Å². The summed E-state index contributed by atoms with van der Waals surface area (Å²) in [7, 11) is 6.05. The van der Waals surface area contributed by atoms with Crippen LogP contribution in [-0.2, 0) is 18.3 Å². The van der Waals surface area contributed by atoms with Gasteiger partial charge >= 0.3 is 12.1 Å². The molecule has 0 aliphatic carbocycles. The number of likely N-dealkylation sites (N-methyl/N-ethyl adjacent to an activating group) is 1. The summed E-state index contributed by atoms with van der Waals surface area (Å²) in [4.78, 5) is 25.9. The van der Waals surface area contributed by atoms with Gasteiger partial charge in [0.25, 0.3) is 5.91 Å². The van der Waals surface area contributed by atoms with Crippen LogP contribution in [-0.4, -0.2) is 85.7 Å². The fourth-order valence-corrected chi connectivity index (χ4v) is 3.34. The number of alkyl halides is 3. The maximum absolute atomic E-state index is 12.8. The third kappa shape index (κ3) is 5.99. The molecule has 2 aromatic heterocycles. The van der Waals surface area contributed by atoms with Crippen molar-refractivity contribution >= 4 is 11.9 Å². The van der Waals surface area contributed by atoms with Crippen molar-refractivity contribution in [1.29, 1.82) is 0 Å². The predicted octanol–water partition coefficient (Wildman–Crippen LogP) is 1.23. The molecule has 0 radical (unpaired) electrons. The zero-order valence-electron chi connectivity index (χ0n) is 16.7. The van der Waals surface area contributed by atoms with Crippen LogP contribution in [0.2, 0.25) is 0 Å². The molecule has 1 fully saturated rings. The molecule has 30 heavy (non-hydrogen) atoms. The zero-order chi connectivity index (χ0) is 22.5. The van der Waals surface area contributed by atoms with Gasteiger partial charge < -0.3 is 14.9 Å². The molecule has 0 saturated carbocycles. The van der Waals surface area contributed by atoms with E-state index >= 15 is 0 Å². The number of amides is 1. The summed E-state index contributed by atoms with van der Waals surface area (Å²) in [6.07, 6.45) is 3.68. The van der Waals surface area contributed by atoms with E-state index in [4.69, 9.17) is 9.90 Å². The molecule has 1 saturated heterocycles. The largest absolute Gasteiger partial charge is 0.490 e. The average Bonchev–Trinajstić information content (AvgIpc) is 3.28. The van der Waals surface area contributed by atoms with Crippen molar-refractivity contribution in [3.05, 3.63) is 42.0 Å². The number of likely N-dealkylation sites (tertiary alicyclic amines) is 1. The highest BCUT2D eigenvalue weighted by molar-refractivity contribution is 5.94. The summed E-state index contributed by atoms with van der Waals surface area (Å²) in [5.74, 6) is -2.73. The highest BCUT2D eigenvalue weighted by atomic mass is 19.4. The number of hydrogen-bond acceptors (Lipinski definition) is 6. The van der Waals surface area contributed by atoms with E-state index in [1.807, 2.05) is 24.3 Å². The van der Waals surface area contributed by atoms with E-state index < -0.39 is 12.1 Å². The SMILES string of the molecule is CN(C)[C@@H]1CCN(C(=O)c2ccnnc2)[C@H]1Cc1cnn(C)c1.O=C(O)C(F)(F)F. The van der Waals surface area contributed by atoms with Crippen molar-refractivity contribution in [2.75, 3.05) is 20.6 Å². The van der Waals surface area contributed by atoms with Gasteiger partial charge in [0, 0.05) is 25.8 Å². The highest BCUT2D eigenvalue weighted by Gasteiger charge is 2.39. The van der Waals surface area contributed by atoms with E-state index in [1.54, 1.807) is 16.9 Å². The molecule has 1 amide bonds. The van der Waals surface area contributed by atoms with Crippen molar-refractivity contribution in [2.45, 2.75) is 31.1 Å². The first kappa shape index (κ1) is 23.3. The van der Waals surface area contributed by atoms with Gasteiger partial charge in [0.2, 0.25) is 0 Å². The van der Waals surface area contributed by atoms with Crippen molar-refractivity contribution in [1.82, 2.24) is 29.8 Å². The van der Waals surface area contributed by atoms with Gasteiger partial charge in [0.1, 0.15) is 0 Å². The second-order valence-corrected chi connectivity index (χ2v) is 7.05. The van der Waals surface area contributed by atoms with Crippen molar-refractivity contribution in [3.8, 4) is 0 Å². The first-order chi connectivity index (χ1) is 14.0. The second-order valence-electron chi connectivity index (χ2n) is 7.05. The topological polar surface area (TPSA) is 104 Å². The Balaban J connectivity index is 0.000000396. The monoisotopic (exact) mass is 428 g/mol. The van der Waals surface area contributed by atoms with Crippen LogP contribution in [0.5, 0.6) is 0 Å². The molecule has 0 aromatic carbocycles. The first-order valence-electron chi connectivity index (χ1n) is 9.02. The van der Waals surface area contributed by atoms with Crippen LogP contribution < -0.4 is 0 Å². The predicted molar refractivity (Wildman–Crippen MR) is 99.6 cm³/mol. The van der Waals surface area contributed by atoms with Crippen molar-refractivity contribution in [2.24, 2.45) is 7.05 Å². The Bertz CT molecular complexity index is 856. The molecule has 0 bridgehead atoms. The van der Waals surface area contributed by atoms with E-state index in [-0.39, 0.29) is 11.9 Å². The van der Waals surface area contributed by atoms with E-state index in [2.05, 4.69) is 34.3 Å². The van der Waals surface area contributed by atoms with Crippen LogP contribution in [0.15, 0.2) is 30.9 Å². The van der Waals surface area contributed by atoms with Crippen LogP contribution in [0.25, 0.3) is 0 Å². The van der Waals surface area contributed by atoms with Gasteiger partial charge in [0.15, 0.2) is 0 Å². The summed E-state index contributed by atoms with van der Waals surface area (Å²) in [5.41, 5.74) is 1.74. The van der Waals surface area contributed by atoms with E-state index in [1.165, 1.54) is 6.20 Å². The number of carboxylic acids is 1. The molecule has 2 aromatic rings. The van der Waals surface area contributed by atoms with Gasteiger partial charge in [-0.15, -0.1) is 0 Å². The number of carbonyl (C=O) groups is 2. The Morgan fingerprint density at radius 3 is 2.40 bits per heavy atom. The Labute approximate surface area is 171 Å². The number of aromatic nitrogens is 4. The molecule has 2 atom stereocenters. The lowest BCUT2D eigenvalue weighted by Crippen LogP contribution is -2.45. The molecule has 1 aliphatic heterocycles. The third-order valence-electron chi connectivity index (χ3n) is 4.71. The Hall–Kier alpha value is -3.02. The average molecular weight is 428 g/mol. The van der Waals surface area contributed by atoms with Crippen LogP contribution in [0.4, 0.5) is 13.2 Å². The molecule has 1 aliphatic rings. The summed E-state index contributed by atoms with van der Waals surface area (Å²) in [5, 5.41) is 18.9. The quantitative estimate of drug-likeness (QED) is 0.781. The maximum Gasteiger partial charge on any atom is 0.490 e. The zero-order valence-corrected chi connectivity index (χ0v) is 16.7. The van der Waals surface area contributed by atoms with Crippen LogP contribution in [0, 0.1) is 0 Å². The van der Waals surface area contributed by atoms with E-state index in [9.17, 15) is 18.0 Å². The van der Waals surface area contributed by atoms with Gasteiger partial charge in [-0.05, 0) is 38.6 Å². The number of rotatable bonds is 4. The molecule has 12 heteroatoms. The highest BCUT2D eigenvalue weighted by Crippen LogP contribution is 2.26. The summed E-state index contributed by atoms with van der Waals surface area (Å²) < 4.78 is 33.5. The van der Waals surface area contributed by atoms with Gasteiger partial charge in [-0.3, -0.25) is 9.48 Å². The van der Waals surface area contributed by atoms with E-state index in [0.29, 0.717) is 11.6 Å². The molecule has 1 N–H and O–H groups in total. The van der Waals surface area contributed by atoms with Crippen molar-refractivity contribution < 1.29 is 27.9 Å². The van der Waals surface area contributed by atoms with Crippen LogP contribution in [0.3, 0.4) is 0 Å². The minimum absolute atomic E-state index is 0.0261. The smallest absolute Gasteiger partial charge is 0.475 e. The summed E-state index contributed by atoms with van der Waals surface area (Å²) >= 11 is 0. The molecular weight excluding hydrogens is 405 g/mol. The summed E-state index contributed by atoms with van der Waals surface area (Å²) in [6.45, 7) is 0.759. The lowest BCUT2D eigenvalue weighted by atomic mass is 10.0. The molecule has 0 unspecified atom stereocenters. The molecule has 3 rings (SSSR count). The Morgan fingerprint density at radius 1 is 1.27 bits per heavy atom.